The van der Waals surface area contributed by atoms with E-state index in [2.05, 4.69) is 32.5 Å². The first kappa shape index (κ1) is 22.1. The van der Waals surface area contributed by atoms with Crippen LogP contribution in [0.25, 0.3) is 0 Å². The monoisotopic (exact) mass is 469 g/mol. The molecule has 1 N–H and O–H groups in total. The van der Waals surface area contributed by atoms with Crippen molar-refractivity contribution in [3.8, 4) is 5.75 Å². The number of benzene rings is 2. The number of carbonyl (C=O) groups is 2. The van der Waals surface area contributed by atoms with Gasteiger partial charge in [-0.3, -0.25) is 14.9 Å². The summed E-state index contributed by atoms with van der Waals surface area (Å²) in [6.07, 6.45) is 0. The van der Waals surface area contributed by atoms with Gasteiger partial charge in [-0.25, -0.2) is 0 Å². The molecule has 2 amide bonds. The van der Waals surface area contributed by atoms with Gasteiger partial charge < -0.3 is 14.5 Å². The van der Waals surface area contributed by atoms with Gasteiger partial charge in [0.05, 0.1) is 12.9 Å². The van der Waals surface area contributed by atoms with E-state index in [0.717, 1.165) is 13.1 Å². The minimum atomic E-state index is -0.271. The molecule has 1 aliphatic rings. The Morgan fingerprint density at radius 3 is 2.44 bits per heavy atom. The predicted molar refractivity (Wildman–Crippen MR) is 127 cm³/mol. The van der Waals surface area contributed by atoms with Gasteiger partial charge in [0.15, 0.2) is 4.34 Å². The number of amides is 2. The number of carbonyl (C=O) groups excluding carboxylic acids is 2. The van der Waals surface area contributed by atoms with Gasteiger partial charge in [0.25, 0.3) is 5.91 Å². The van der Waals surface area contributed by atoms with Gasteiger partial charge in [0.2, 0.25) is 11.0 Å². The molecule has 1 aromatic heterocycles. The molecule has 10 heteroatoms. The quantitative estimate of drug-likeness (QED) is 0.420. The lowest BCUT2D eigenvalue weighted by molar-refractivity contribution is -0.128. The molecule has 1 aliphatic heterocycles. The van der Waals surface area contributed by atoms with E-state index in [9.17, 15) is 9.59 Å². The molecular weight excluding hydrogens is 446 g/mol. The van der Waals surface area contributed by atoms with Gasteiger partial charge in [-0.05, 0) is 36.4 Å². The Bertz CT molecular complexity index is 1050. The molecule has 8 nitrogen and oxygen atoms in total. The molecule has 32 heavy (non-hydrogen) atoms. The normalized spacial score (nSPS) is 13.7. The summed E-state index contributed by atoms with van der Waals surface area (Å²) in [4.78, 5) is 29.1. The fourth-order valence-corrected chi connectivity index (χ4v) is 4.95. The van der Waals surface area contributed by atoms with Crippen molar-refractivity contribution in [2.45, 2.75) is 4.34 Å². The van der Waals surface area contributed by atoms with Crippen LogP contribution in [0.15, 0.2) is 58.9 Å². The first-order chi connectivity index (χ1) is 15.6. The zero-order valence-corrected chi connectivity index (χ0v) is 19.2. The van der Waals surface area contributed by atoms with Crippen molar-refractivity contribution in [3.63, 3.8) is 0 Å². The number of nitrogens with one attached hydrogen (secondary N) is 1. The minimum absolute atomic E-state index is 0.0849. The third-order valence-electron chi connectivity index (χ3n) is 5.05. The van der Waals surface area contributed by atoms with Gasteiger partial charge >= 0.3 is 0 Å². The highest BCUT2D eigenvalue weighted by molar-refractivity contribution is 8.01. The Labute approximate surface area is 194 Å². The van der Waals surface area contributed by atoms with Crippen LogP contribution >= 0.6 is 23.1 Å². The van der Waals surface area contributed by atoms with E-state index < -0.39 is 0 Å². The highest BCUT2D eigenvalue weighted by Gasteiger charge is 2.22. The molecule has 2 aromatic carbocycles. The first-order valence-corrected chi connectivity index (χ1v) is 11.9. The second-order valence-corrected chi connectivity index (χ2v) is 9.25. The number of nitrogens with zero attached hydrogens (tertiary/aromatic N) is 4. The summed E-state index contributed by atoms with van der Waals surface area (Å²) in [6, 6.07) is 17.1. The maximum atomic E-state index is 12.6. The number of thioether (sulfide) groups is 1. The molecule has 4 rings (SSSR count). The average Bonchev–Trinajstić information content (AvgIpc) is 3.30. The lowest BCUT2D eigenvalue weighted by Crippen LogP contribution is -2.49. The Morgan fingerprint density at radius 2 is 1.75 bits per heavy atom. The van der Waals surface area contributed by atoms with Crippen LogP contribution in [0.2, 0.25) is 0 Å². The predicted octanol–water partition coefficient (Wildman–Crippen LogP) is 3.24. The van der Waals surface area contributed by atoms with Crippen LogP contribution < -0.4 is 15.0 Å². The van der Waals surface area contributed by atoms with Crippen LogP contribution in [0.3, 0.4) is 0 Å². The highest BCUT2D eigenvalue weighted by atomic mass is 32.2. The van der Waals surface area contributed by atoms with Crippen molar-refractivity contribution < 1.29 is 14.3 Å². The second-order valence-electron chi connectivity index (χ2n) is 7.05. The van der Waals surface area contributed by atoms with Crippen LogP contribution in [0.1, 0.15) is 10.4 Å². The number of hydrogen-bond donors (Lipinski definition) is 1. The number of anilines is 2. The highest BCUT2D eigenvalue weighted by Crippen LogP contribution is 2.26. The molecular formula is C22H23N5O3S2. The molecule has 0 aliphatic carbocycles. The molecule has 0 bridgehead atoms. The summed E-state index contributed by atoms with van der Waals surface area (Å²) in [5, 5.41) is 11.2. The number of rotatable bonds is 7. The van der Waals surface area contributed by atoms with E-state index in [4.69, 9.17) is 4.74 Å². The zero-order chi connectivity index (χ0) is 22.3. The number of methoxy groups -OCH3 is 1. The van der Waals surface area contributed by atoms with Crippen LogP contribution in [0, 0.1) is 0 Å². The van der Waals surface area contributed by atoms with Gasteiger partial charge in [-0.2, -0.15) is 0 Å². The number of para-hydroxylation sites is 1. The third kappa shape index (κ3) is 5.57. The molecule has 0 spiro atoms. The number of hydrogen-bond acceptors (Lipinski definition) is 8. The lowest BCUT2D eigenvalue weighted by atomic mass is 10.2. The van der Waals surface area contributed by atoms with Crippen LogP contribution in [-0.2, 0) is 4.79 Å². The Morgan fingerprint density at radius 1 is 1.03 bits per heavy atom. The average molecular weight is 470 g/mol. The summed E-state index contributed by atoms with van der Waals surface area (Å²) < 4.78 is 5.74. The Balaban J connectivity index is 1.23. The largest absolute Gasteiger partial charge is 0.497 e. The lowest BCUT2D eigenvalue weighted by Gasteiger charge is -2.36. The van der Waals surface area contributed by atoms with Gasteiger partial charge in [-0.15, -0.1) is 10.2 Å². The molecule has 1 saturated heterocycles. The Hall–Kier alpha value is -3.11. The number of aromatic nitrogens is 2. The molecule has 0 unspecified atom stereocenters. The van der Waals surface area contributed by atoms with E-state index in [1.807, 2.05) is 23.1 Å². The maximum absolute atomic E-state index is 12.6. The number of piperazine rings is 1. The molecule has 0 atom stereocenters. The van der Waals surface area contributed by atoms with Crippen molar-refractivity contribution in [2.75, 3.05) is 49.3 Å². The summed E-state index contributed by atoms with van der Waals surface area (Å²) in [6.45, 7) is 3.04. The molecule has 1 fully saturated rings. The Kier molecular flexibility index (Phi) is 7.23. The van der Waals surface area contributed by atoms with E-state index in [1.54, 1.807) is 31.4 Å². The van der Waals surface area contributed by atoms with Crippen LogP contribution in [0.4, 0.5) is 10.8 Å². The summed E-state index contributed by atoms with van der Waals surface area (Å²) in [5.74, 6) is 0.795. The minimum Gasteiger partial charge on any atom is -0.497 e. The number of ether oxygens (including phenoxy) is 1. The molecule has 0 saturated carbocycles. The van der Waals surface area contributed by atoms with Crippen molar-refractivity contribution in [2.24, 2.45) is 0 Å². The molecule has 166 valence electrons. The smallest absolute Gasteiger partial charge is 0.257 e. The van der Waals surface area contributed by atoms with Gasteiger partial charge in [0.1, 0.15) is 5.75 Å². The van der Waals surface area contributed by atoms with Crippen molar-refractivity contribution >= 4 is 45.7 Å². The topological polar surface area (TPSA) is 87.7 Å². The third-order valence-corrected chi connectivity index (χ3v) is 7.01. The van der Waals surface area contributed by atoms with E-state index in [-0.39, 0.29) is 11.8 Å². The summed E-state index contributed by atoms with van der Waals surface area (Å²) in [5.41, 5.74) is 1.69. The fraction of sp³-hybridized carbons (Fsp3) is 0.273. The maximum Gasteiger partial charge on any atom is 0.257 e. The molecule has 3 aromatic rings. The summed E-state index contributed by atoms with van der Waals surface area (Å²) in [7, 11) is 1.57. The fourth-order valence-electron chi connectivity index (χ4n) is 3.30. The van der Waals surface area contributed by atoms with Crippen LogP contribution in [0.5, 0.6) is 5.75 Å². The van der Waals surface area contributed by atoms with Crippen molar-refractivity contribution in [1.82, 2.24) is 15.1 Å². The summed E-state index contributed by atoms with van der Waals surface area (Å²) >= 11 is 2.60. The van der Waals surface area contributed by atoms with Crippen LogP contribution in [-0.4, -0.2) is 66.0 Å². The van der Waals surface area contributed by atoms with Gasteiger partial charge in [-0.1, -0.05) is 41.3 Å². The van der Waals surface area contributed by atoms with Crippen molar-refractivity contribution in [3.05, 3.63) is 60.2 Å². The second kappa shape index (κ2) is 10.5. The van der Waals surface area contributed by atoms with E-state index in [1.165, 1.54) is 28.8 Å². The van der Waals surface area contributed by atoms with E-state index >= 15 is 0 Å². The standard InChI is InChI=1S/C22H23N5O3S2/c1-30-18-9-7-16(8-10-18)20(29)23-21-24-25-22(32-21)31-15-19(28)27-13-11-26(12-14-27)17-5-3-2-4-6-17/h2-10H,11-15H2,1H3,(H,23,24,29). The first-order valence-electron chi connectivity index (χ1n) is 10.1. The SMILES string of the molecule is COc1ccc(C(=O)Nc2nnc(SCC(=O)N3CCN(c4ccccc4)CC3)s2)cc1. The van der Waals surface area contributed by atoms with Crippen molar-refractivity contribution in [1.29, 1.82) is 0 Å². The molecule has 2 heterocycles. The van der Waals surface area contributed by atoms with Gasteiger partial charge in [0, 0.05) is 37.4 Å². The van der Waals surface area contributed by atoms with E-state index in [0.29, 0.717) is 39.6 Å². The molecule has 0 radical (unpaired) electrons. The zero-order valence-electron chi connectivity index (χ0n) is 17.6.